The van der Waals surface area contributed by atoms with Crippen LogP contribution in [0.25, 0.3) is 11.0 Å². The SMILES string of the molecule is COCCn1c(SCC(=O)N2N=C(c3ccc(OC)cc3)C[C@H]2c2ccco2)nc2ccccc21. The van der Waals surface area contributed by atoms with E-state index in [-0.39, 0.29) is 17.7 Å². The molecule has 0 radical (unpaired) electrons. The molecule has 0 saturated carbocycles. The number of hydrazone groups is 1. The van der Waals surface area contributed by atoms with Crippen molar-refractivity contribution in [3.63, 3.8) is 0 Å². The van der Waals surface area contributed by atoms with Crippen molar-refractivity contribution in [2.45, 2.75) is 24.2 Å². The Labute approximate surface area is 207 Å². The average Bonchev–Trinajstić information content (AvgIpc) is 3.64. The summed E-state index contributed by atoms with van der Waals surface area (Å²) in [6.45, 7) is 1.22. The van der Waals surface area contributed by atoms with Crippen LogP contribution in [0.15, 0.2) is 81.6 Å². The molecular formula is C26H26N4O4S. The zero-order valence-corrected chi connectivity index (χ0v) is 20.4. The summed E-state index contributed by atoms with van der Waals surface area (Å²) in [5, 5.41) is 7.05. The molecule has 2 aromatic heterocycles. The van der Waals surface area contributed by atoms with Gasteiger partial charge in [0.05, 0.1) is 42.5 Å². The molecule has 3 heterocycles. The van der Waals surface area contributed by atoms with Crippen LogP contribution in [0.3, 0.4) is 0 Å². The van der Waals surface area contributed by atoms with Crippen molar-refractivity contribution < 1.29 is 18.7 Å². The number of hydrogen-bond donors (Lipinski definition) is 0. The standard InChI is InChI=1S/C26H26N4O4S/c1-32-15-13-29-22-7-4-3-6-20(22)27-26(29)35-17-25(31)30-23(24-8-5-14-34-24)16-21(28-30)18-9-11-19(33-2)12-10-18/h3-12,14,23H,13,15-17H2,1-2H3/t23-/m0/s1. The topological polar surface area (TPSA) is 82.1 Å². The number of methoxy groups -OCH3 is 2. The highest BCUT2D eigenvalue weighted by Gasteiger charge is 2.35. The number of ether oxygens (including phenoxy) is 2. The molecule has 0 saturated heterocycles. The summed E-state index contributed by atoms with van der Waals surface area (Å²) < 4.78 is 18.3. The zero-order valence-electron chi connectivity index (χ0n) is 19.6. The van der Waals surface area contributed by atoms with Gasteiger partial charge in [0.25, 0.3) is 5.91 Å². The Balaban J connectivity index is 1.38. The van der Waals surface area contributed by atoms with E-state index >= 15 is 0 Å². The van der Waals surface area contributed by atoms with Crippen molar-refractivity contribution in [3.05, 3.63) is 78.3 Å². The molecule has 0 unspecified atom stereocenters. The van der Waals surface area contributed by atoms with E-state index in [2.05, 4.69) is 4.57 Å². The minimum atomic E-state index is -0.289. The summed E-state index contributed by atoms with van der Waals surface area (Å²) >= 11 is 1.41. The number of benzene rings is 2. The van der Waals surface area contributed by atoms with Crippen LogP contribution in [0.2, 0.25) is 0 Å². The van der Waals surface area contributed by atoms with Crippen LogP contribution >= 0.6 is 11.8 Å². The lowest BCUT2D eigenvalue weighted by Crippen LogP contribution is -2.28. The summed E-state index contributed by atoms with van der Waals surface area (Å²) in [6.07, 6.45) is 2.19. The number of aromatic nitrogens is 2. The molecule has 0 bridgehead atoms. The largest absolute Gasteiger partial charge is 0.497 e. The predicted molar refractivity (Wildman–Crippen MR) is 135 cm³/mol. The first-order chi connectivity index (χ1) is 17.2. The first kappa shape index (κ1) is 23.2. The molecule has 1 atom stereocenters. The summed E-state index contributed by atoms with van der Waals surface area (Å²) in [5.74, 6) is 1.58. The van der Waals surface area contributed by atoms with Gasteiger partial charge in [-0.15, -0.1) is 0 Å². The number of carbonyl (C=O) groups is 1. The minimum absolute atomic E-state index is 0.106. The number of para-hydroxylation sites is 2. The van der Waals surface area contributed by atoms with E-state index in [4.69, 9.17) is 24.0 Å². The molecule has 8 nitrogen and oxygen atoms in total. The van der Waals surface area contributed by atoms with Gasteiger partial charge in [-0.1, -0.05) is 23.9 Å². The molecule has 1 aliphatic rings. The minimum Gasteiger partial charge on any atom is -0.497 e. The van der Waals surface area contributed by atoms with Crippen molar-refractivity contribution in [2.75, 3.05) is 26.6 Å². The lowest BCUT2D eigenvalue weighted by atomic mass is 10.0. The number of thioether (sulfide) groups is 1. The zero-order chi connectivity index (χ0) is 24.2. The van der Waals surface area contributed by atoms with E-state index in [9.17, 15) is 4.79 Å². The lowest BCUT2D eigenvalue weighted by molar-refractivity contribution is -0.130. The van der Waals surface area contributed by atoms with Gasteiger partial charge in [-0.2, -0.15) is 5.10 Å². The molecule has 35 heavy (non-hydrogen) atoms. The van der Waals surface area contributed by atoms with Gasteiger partial charge in [0.2, 0.25) is 0 Å². The molecular weight excluding hydrogens is 464 g/mol. The molecule has 0 aliphatic carbocycles. The number of carbonyl (C=O) groups excluding carboxylic acids is 1. The highest BCUT2D eigenvalue weighted by atomic mass is 32.2. The fraction of sp³-hybridized carbons (Fsp3) is 0.269. The fourth-order valence-electron chi connectivity index (χ4n) is 4.16. The molecule has 180 valence electrons. The maximum atomic E-state index is 13.4. The number of rotatable bonds is 9. The number of amides is 1. The summed E-state index contributed by atoms with van der Waals surface area (Å²) in [6, 6.07) is 19.1. The van der Waals surface area contributed by atoms with Crippen molar-refractivity contribution in [1.29, 1.82) is 0 Å². The van der Waals surface area contributed by atoms with E-state index in [1.807, 2.05) is 60.7 Å². The van der Waals surface area contributed by atoms with Gasteiger partial charge in [0.15, 0.2) is 5.16 Å². The van der Waals surface area contributed by atoms with E-state index in [0.29, 0.717) is 25.3 Å². The Morgan fingerprint density at radius 2 is 1.94 bits per heavy atom. The molecule has 0 spiro atoms. The fourth-order valence-corrected chi connectivity index (χ4v) is 5.05. The van der Waals surface area contributed by atoms with Crippen LogP contribution in [0.5, 0.6) is 5.75 Å². The predicted octanol–water partition coefficient (Wildman–Crippen LogP) is 4.75. The third-order valence-electron chi connectivity index (χ3n) is 5.92. The van der Waals surface area contributed by atoms with Gasteiger partial charge in [-0.05, 0) is 54.1 Å². The molecule has 5 rings (SSSR count). The number of furan rings is 1. The van der Waals surface area contributed by atoms with Crippen molar-refractivity contribution in [3.8, 4) is 5.75 Å². The van der Waals surface area contributed by atoms with Crippen molar-refractivity contribution in [2.24, 2.45) is 5.10 Å². The van der Waals surface area contributed by atoms with E-state index in [0.717, 1.165) is 33.2 Å². The van der Waals surface area contributed by atoms with Crippen LogP contribution in [-0.2, 0) is 16.1 Å². The van der Waals surface area contributed by atoms with Crippen LogP contribution in [0.4, 0.5) is 0 Å². The van der Waals surface area contributed by atoms with Crippen LogP contribution in [-0.4, -0.2) is 52.8 Å². The first-order valence-electron chi connectivity index (χ1n) is 11.3. The average molecular weight is 491 g/mol. The van der Waals surface area contributed by atoms with E-state index in [1.54, 1.807) is 25.5 Å². The van der Waals surface area contributed by atoms with Gasteiger partial charge < -0.3 is 18.5 Å². The first-order valence-corrected chi connectivity index (χ1v) is 12.3. The third kappa shape index (κ3) is 4.82. The molecule has 2 aromatic carbocycles. The Morgan fingerprint density at radius 3 is 2.69 bits per heavy atom. The summed E-state index contributed by atoms with van der Waals surface area (Å²) in [5.41, 5.74) is 3.70. The maximum absolute atomic E-state index is 13.4. The van der Waals surface area contributed by atoms with E-state index < -0.39 is 0 Å². The maximum Gasteiger partial charge on any atom is 0.253 e. The molecule has 4 aromatic rings. The number of fused-ring (bicyclic) bond motifs is 1. The van der Waals surface area contributed by atoms with Crippen molar-refractivity contribution >= 4 is 34.4 Å². The monoisotopic (exact) mass is 490 g/mol. The highest BCUT2D eigenvalue weighted by molar-refractivity contribution is 7.99. The normalized spacial score (nSPS) is 15.5. The quantitative estimate of drug-likeness (QED) is 0.315. The molecule has 0 fully saturated rings. The van der Waals surface area contributed by atoms with Gasteiger partial charge >= 0.3 is 0 Å². The molecule has 0 N–H and O–H groups in total. The van der Waals surface area contributed by atoms with E-state index in [1.165, 1.54) is 11.8 Å². The molecule has 9 heteroatoms. The molecule has 1 aliphatic heterocycles. The van der Waals surface area contributed by atoms with Gasteiger partial charge in [-0.25, -0.2) is 9.99 Å². The van der Waals surface area contributed by atoms with Gasteiger partial charge in [0, 0.05) is 20.1 Å². The number of nitrogens with zero attached hydrogens (tertiary/aromatic N) is 4. The Hall–Kier alpha value is -3.56. The van der Waals surface area contributed by atoms with Crippen LogP contribution < -0.4 is 4.74 Å². The highest BCUT2D eigenvalue weighted by Crippen LogP contribution is 2.34. The lowest BCUT2D eigenvalue weighted by Gasteiger charge is -2.19. The second-order valence-corrected chi connectivity index (χ2v) is 9.01. The van der Waals surface area contributed by atoms with Crippen molar-refractivity contribution in [1.82, 2.24) is 14.6 Å². The number of imidazole rings is 1. The number of hydrogen-bond acceptors (Lipinski definition) is 7. The third-order valence-corrected chi connectivity index (χ3v) is 6.89. The van der Waals surface area contributed by atoms with Crippen LogP contribution in [0.1, 0.15) is 23.8 Å². The summed E-state index contributed by atoms with van der Waals surface area (Å²) in [4.78, 5) is 18.2. The second-order valence-electron chi connectivity index (χ2n) is 8.07. The van der Waals surface area contributed by atoms with Crippen LogP contribution in [0, 0.1) is 0 Å². The Morgan fingerprint density at radius 1 is 1.11 bits per heavy atom. The van der Waals surface area contributed by atoms with Gasteiger partial charge in [-0.3, -0.25) is 4.79 Å². The Bertz CT molecular complexity index is 1330. The Kier molecular flexibility index (Phi) is 6.87. The second kappa shape index (κ2) is 10.4. The summed E-state index contributed by atoms with van der Waals surface area (Å²) in [7, 11) is 3.31. The molecule has 1 amide bonds. The van der Waals surface area contributed by atoms with Gasteiger partial charge in [0.1, 0.15) is 17.6 Å². The smallest absolute Gasteiger partial charge is 0.253 e.